The van der Waals surface area contributed by atoms with Crippen molar-refractivity contribution in [2.45, 2.75) is 32.8 Å². The SMILES string of the molecule is CC1(C)OC(=O)c2cccc(O)c2O1.O=C(O)c1cccc(OCc2ccccc2)c1OCc1ccc(Cl)cc1Cl. The molecule has 41 heavy (non-hydrogen) atoms. The highest BCUT2D eigenvalue weighted by Crippen LogP contribution is 2.38. The van der Waals surface area contributed by atoms with E-state index in [-0.39, 0.29) is 35.0 Å². The highest BCUT2D eigenvalue weighted by Gasteiger charge is 2.35. The number of para-hydroxylation sites is 2. The van der Waals surface area contributed by atoms with Crippen molar-refractivity contribution in [3.05, 3.63) is 117 Å². The Morgan fingerprint density at radius 2 is 1.61 bits per heavy atom. The molecule has 0 spiro atoms. The van der Waals surface area contributed by atoms with E-state index in [2.05, 4.69) is 0 Å². The fourth-order valence-corrected chi connectivity index (χ4v) is 4.27. The zero-order valence-corrected chi connectivity index (χ0v) is 23.6. The Bertz CT molecular complexity index is 1550. The molecule has 4 aromatic rings. The number of hydrogen-bond acceptors (Lipinski definition) is 7. The normalized spacial score (nSPS) is 13.0. The predicted molar refractivity (Wildman–Crippen MR) is 153 cm³/mol. The summed E-state index contributed by atoms with van der Waals surface area (Å²) in [6.07, 6.45) is 0. The molecule has 0 atom stereocenters. The Morgan fingerprint density at radius 3 is 2.32 bits per heavy atom. The van der Waals surface area contributed by atoms with Crippen LogP contribution < -0.4 is 14.2 Å². The Hall–Kier alpha value is -4.40. The van der Waals surface area contributed by atoms with Gasteiger partial charge in [-0.1, -0.05) is 71.7 Å². The van der Waals surface area contributed by atoms with E-state index in [1.165, 1.54) is 12.1 Å². The summed E-state index contributed by atoms with van der Waals surface area (Å²) >= 11 is 12.1. The first kappa shape index (κ1) is 29.6. The number of cyclic esters (lactones) is 1. The van der Waals surface area contributed by atoms with E-state index in [0.717, 1.165) is 5.56 Å². The largest absolute Gasteiger partial charge is 0.504 e. The first-order valence-corrected chi connectivity index (χ1v) is 13.1. The lowest BCUT2D eigenvalue weighted by Crippen LogP contribution is -2.38. The first-order valence-electron chi connectivity index (χ1n) is 12.4. The summed E-state index contributed by atoms with van der Waals surface area (Å²) in [5.74, 6) is -1.95. The second kappa shape index (κ2) is 12.8. The van der Waals surface area contributed by atoms with E-state index in [1.807, 2.05) is 30.3 Å². The molecule has 1 aliphatic rings. The third-order valence-corrected chi connectivity index (χ3v) is 6.32. The summed E-state index contributed by atoms with van der Waals surface area (Å²) in [5.41, 5.74) is 1.93. The van der Waals surface area contributed by atoms with Gasteiger partial charge in [-0.3, -0.25) is 0 Å². The summed E-state index contributed by atoms with van der Waals surface area (Å²) < 4.78 is 21.9. The lowest BCUT2D eigenvalue weighted by Gasteiger charge is -2.31. The maximum absolute atomic E-state index is 11.6. The molecule has 5 rings (SSSR count). The van der Waals surface area contributed by atoms with Crippen LogP contribution in [0.1, 0.15) is 45.7 Å². The van der Waals surface area contributed by atoms with Gasteiger partial charge in [0.05, 0.1) is 0 Å². The maximum atomic E-state index is 11.6. The molecule has 1 heterocycles. The van der Waals surface area contributed by atoms with Crippen LogP contribution in [-0.4, -0.2) is 27.9 Å². The minimum absolute atomic E-state index is 0.0191. The summed E-state index contributed by atoms with van der Waals surface area (Å²) in [6, 6.07) is 24.0. The number of fused-ring (bicyclic) bond motifs is 1. The van der Waals surface area contributed by atoms with Crippen LogP contribution in [0.15, 0.2) is 84.9 Å². The number of ether oxygens (including phenoxy) is 4. The standard InChI is InChI=1S/C21H16Cl2O4.C10H10O4/c22-16-10-9-15(18(23)11-16)13-27-20-17(21(24)25)7-4-8-19(20)26-12-14-5-2-1-3-6-14;1-10(2)13-8-6(9(12)14-10)4-3-5-7(8)11/h1-11H,12-13H2,(H,24,25);3-5,11H,1-2H3. The number of halogens is 2. The van der Waals surface area contributed by atoms with Crippen LogP contribution in [0.5, 0.6) is 23.0 Å². The zero-order valence-electron chi connectivity index (χ0n) is 22.1. The van der Waals surface area contributed by atoms with Gasteiger partial charge in [-0.05, 0) is 42.0 Å². The Morgan fingerprint density at radius 1 is 0.878 bits per heavy atom. The van der Waals surface area contributed by atoms with Crippen LogP contribution in [0, 0.1) is 0 Å². The van der Waals surface area contributed by atoms with Crippen molar-refractivity contribution in [2.75, 3.05) is 0 Å². The number of benzene rings is 4. The Kier molecular flexibility index (Phi) is 9.27. The van der Waals surface area contributed by atoms with E-state index in [1.54, 1.807) is 56.3 Å². The molecule has 212 valence electrons. The molecular formula is C31H26Cl2O8. The smallest absolute Gasteiger partial charge is 0.345 e. The molecule has 0 fully saturated rings. The van der Waals surface area contributed by atoms with Gasteiger partial charge in [0.15, 0.2) is 23.0 Å². The minimum Gasteiger partial charge on any atom is -0.504 e. The molecule has 8 nitrogen and oxygen atoms in total. The van der Waals surface area contributed by atoms with E-state index in [0.29, 0.717) is 28.0 Å². The summed E-state index contributed by atoms with van der Waals surface area (Å²) in [6.45, 7) is 3.60. The lowest BCUT2D eigenvalue weighted by atomic mass is 10.1. The minimum atomic E-state index is -1.10. The maximum Gasteiger partial charge on any atom is 0.345 e. The van der Waals surface area contributed by atoms with Crippen molar-refractivity contribution >= 4 is 35.1 Å². The van der Waals surface area contributed by atoms with Gasteiger partial charge < -0.3 is 29.2 Å². The van der Waals surface area contributed by atoms with Crippen molar-refractivity contribution < 1.29 is 38.7 Å². The average Bonchev–Trinajstić information content (AvgIpc) is 2.92. The van der Waals surface area contributed by atoms with Crippen LogP contribution in [0.25, 0.3) is 0 Å². The molecule has 2 N–H and O–H groups in total. The molecule has 0 aromatic heterocycles. The fourth-order valence-electron chi connectivity index (χ4n) is 3.81. The van der Waals surface area contributed by atoms with E-state index < -0.39 is 17.7 Å². The van der Waals surface area contributed by atoms with Crippen molar-refractivity contribution in [3.8, 4) is 23.0 Å². The lowest BCUT2D eigenvalue weighted by molar-refractivity contribution is -0.128. The first-order chi connectivity index (χ1) is 19.5. The highest BCUT2D eigenvalue weighted by molar-refractivity contribution is 6.35. The number of carbonyl (C=O) groups excluding carboxylic acids is 1. The molecule has 0 amide bonds. The topological polar surface area (TPSA) is 112 Å². The quantitative estimate of drug-likeness (QED) is 0.210. The number of esters is 1. The zero-order chi connectivity index (χ0) is 29.6. The van der Waals surface area contributed by atoms with Gasteiger partial charge in [-0.15, -0.1) is 0 Å². The van der Waals surface area contributed by atoms with Gasteiger partial charge >= 0.3 is 11.9 Å². The van der Waals surface area contributed by atoms with Gasteiger partial charge in [-0.2, -0.15) is 0 Å². The second-order valence-electron chi connectivity index (χ2n) is 9.28. The average molecular weight is 597 g/mol. The molecule has 0 unspecified atom stereocenters. The monoisotopic (exact) mass is 596 g/mol. The molecule has 0 saturated heterocycles. The van der Waals surface area contributed by atoms with Crippen LogP contribution in [0.2, 0.25) is 10.0 Å². The third kappa shape index (κ3) is 7.63. The molecule has 10 heteroatoms. The van der Waals surface area contributed by atoms with Gasteiger partial charge in [0.1, 0.15) is 24.3 Å². The van der Waals surface area contributed by atoms with E-state index in [9.17, 15) is 19.8 Å². The van der Waals surface area contributed by atoms with Gasteiger partial charge in [0, 0.05) is 29.5 Å². The molecule has 4 aromatic carbocycles. The number of carboxylic acid groups (broad SMARTS) is 1. The predicted octanol–water partition coefficient (Wildman–Crippen LogP) is 7.53. The Balaban J connectivity index is 0.000000231. The number of phenolic OH excluding ortho intramolecular Hbond substituents is 1. The van der Waals surface area contributed by atoms with Crippen molar-refractivity contribution in [1.82, 2.24) is 0 Å². The van der Waals surface area contributed by atoms with E-state index in [4.69, 9.17) is 42.1 Å². The molecular weight excluding hydrogens is 571 g/mol. The van der Waals surface area contributed by atoms with Gasteiger partial charge in [-0.25, -0.2) is 9.59 Å². The molecule has 0 saturated carbocycles. The number of phenols is 1. The van der Waals surface area contributed by atoms with Crippen molar-refractivity contribution in [1.29, 1.82) is 0 Å². The summed E-state index contributed by atoms with van der Waals surface area (Å²) in [4.78, 5) is 23.0. The fraction of sp³-hybridized carbons (Fsp3) is 0.161. The number of hydrogen-bond donors (Lipinski definition) is 2. The summed E-state index contributed by atoms with van der Waals surface area (Å²) in [5, 5.41) is 19.9. The number of carbonyl (C=O) groups is 2. The van der Waals surface area contributed by atoms with E-state index >= 15 is 0 Å². The molecule has 0 aliphatic carbocycles. The number of aromatic carboxylic acids is 1. The number of carboxylic acids is 1. The Labute approximate surface area is 246 Å². The molecule has 0 bridgehead atoms. The van der Waals surface area contributed by atoms with Crippen molar-refractivity contribution in [3.63, 3.8) is 0 Å². The second-order valence-corrected chi connectivity index (χ2v) is 10.1. The summed E-state index contributed by atoms with van der Waals surface area (Å²) in [7, 11) is 0. The number of aromatic hydroxyl groups is 1. The molecule has 0 radical (unpaired) electrons. The number of rotatable bonds is 7. The van der Waals surface area contributed by atoms with Crippen LogP contribution >= 0.6 is 23.2 Å². The highest BCUT2D eigenvalue weighted by atomic mass is 35.5. The van der Waals surface area contributed by atoms with Gasteiger partial charge in [0.2, 0.25) is 5.79 Å². The van der Waals surface area contributed by atoms with Gasteiger partial charge in [0.25, 0.3) is 0 Å². The van der Waals surface area contributed by atoms with Crippen LogP contribution in [-0.2, 0) is 18.0 Å². The molecule has 1 aliphatic heterocycles. The third-order valence-electron chi connectivity index (χ3n) is 5.73. The van der Waals surface area contributed by atoms with Crippen molar-refractivity contribution in [2.24, 2.45) is 0 Å². The van der Waals surface area contributed by atoms with Crippen LogP contribution in [0.4, 0.5) is 0 Å². The van der Waals surface area contributed by atoms with Crippen LogP contribution in [0.3, 0.4) is 0 Å².